The molecule has 0 aliphatic heterocycles. The summed E-state index contributed by atoms with van der Waals surface area (Å²) in [5.74, 6) is 0.521. The summed E-state index contributed by atoms with van der Waals surface area (Å²) in [5, 5.41) is 10.2. The minimum absolute atomic E-state index is 0.245. The number of carbonyl (C=O) groups is 1. The lowest BCUT2D eigenvalue weighted by Gasteiger charge is -2.06. The van der Waals surface area contributed by atoms with Crippen LogP contribution < -0.4 is 10.1 Å². The number of amides is 1. The quantitative estimate of drug-likeness (QED) is 0.882. The fraction of sp³-hybridized carbons (Fsp3) is 0.154. The number of methoxy groups -OCH3 is 1. The van der Waals surface area contributed by atoms with Gasteiger partial charge in [0.15, 0.2) is 5.69 Å². The van der Waals surface area contributed by atoms with E-state index in [1.54, 1.807) is 19.2 Å². The molecule has 0 radical (unpaired) electrons. The lowest BCUT2D eigenvalue weighted by Crippen LogP contribution is -2.23. The van der Waals surface area contributed by atoms with Gasteiger partial charge in [-0.1, -0.05) is 12.1 Å². The summed E-state index contributed by atoms with van der Waals surface area (Å²) >= 11 is 0. The maximum Gasteiger partial charge on any atom is 0.272 e. The van der Waals surface area contributed by atoms with Crippen molar-refractivity contribution in [2.75, 3.05) is 7.11 Å². The van der Waals surface area contributed by atoms with E-state index >= 15 is 0 Å². The van der Waals surface area contributed by atoms with E-state index in [2.05, 4.69) is 15.5 Å². The minimum Gasteiger partial charge on any atom is -0.497 e. The maximum atomic E-state index is 11.7. The molecule has 0 aliphatic carbocycles. The molecule has 5 heteroatoms. The van der Waals surface area contributed by atoms with Crippen molar-refractivity contribution < 1.29 is 9.53 Å². The van der Waals surface area contributed by atoms with Gasteiger partial charge in [-0.25, -0.2) is 0 Å². The Morgan fingerprint density at radius 1 is 1.33 bits per heavy atom. The van der Waals surface area contributed by atoms with Gasteiger partial charge in [0.25, 0.3) is 5.91 Å². The molecule has 1 N–H and O–H groups in total. The Hall–Kier alpha value is -2.43. The van der Waals surface area contributed by atoms with E-state index in [0.717, 1.165) is 11.3 Å². The van der Waals surface area contributed by atoms with Crippen LogP contribution in [-0.4, -0.2) is 23.2 Å². The Balaban J connectivity index is 1.97. The minimum atomic E-state index is -0.245. The SMILES string of the molecule is COc1cccc(CNC(=O)c2cccnn2)c1. The first-order valence-electron chi connectivity index (χ1n) is 5.48. The average molecular weight is 243 g/mol. The first-order chi connectivity index (χ1) is 8.79. The lowest BCUT2D eigenvalue weighted by atomic mass is 10.2. The van der Waals surface area contributed by atoms with Crippen molar-refractivity contribution in [2.45, 2.75) is 6.54 Å². The lowest BCUT2D eigenvalue weighted by molar-refractivity contribution is 0.0945. The maximum absolute atomic E-state index is 11.7. The summed E-state index contributed by atoms with van der Waals surface area (Å²) < 4.78 is 5.11. The van der Waals surface area contributed by atoms with Crippen LogP contribution in [0.25, 0.3) is 0 Å². The molecule has 1 aromatic carbocycles. The molecule has 1 heterocycles. The standard InChI is InChI=1S/C13H13N3O2/c1-18-11-5-2-4-10(8-11)9-14-13(17)12-6-3-7-15-16-12/h2-8H,9H2,1H3,(H,14,17). The molecular formula is C13H13N3O2. The van der Waals surface area contributed by atoms with E-state index in [9.17, 15) is 4.79 Å². The van der Waals surface area contributed by atoms with Crippen molar-refractivity contribution >= 4 is 5.91 Å². The zero-order valence-electron chi connectivity index (χ0n) is 9.96. The van der Waals surface area contributed by atoms with Gasteiger partial charge in [0, 0.05) is 12.7 Å². The molecule has 0 aliphatic rings. The zero-order valence-corrected chi connectivity index (χ0v) is 9.96. The van der Waals surface area contributed by atoms with Crippen molar-refractivity contribution in [1.29, 1.82) is 0 Å². The fourth-order valence-electron chi connectivity index (χ4n) is 1.48. The third-order valence-electron chi connectivity index (χ3n) is 2.39. The molecule has 92 valence electrons. The van der Waals surface area contributed by atoms with Crippen LogP contribution in [0, 0.1) is 0 Å². The Morgan fingerprint density at radius 3 is 2.94 bits per heavy atom. The van der Waals surface area contributed by atoms with Crippen LogP contribution in [0.3, 0.4) is 0 Å². The summed E-state index contributed by atoms with van der Waals surface area (Å²) in [6.07, 6.45) is 1.53. The molecule has 0 fully saturated rings. The highest BCUT2D eigenvalue weighted by Gasteiger charge is 2.06. The van der Waals surface area contributed by atoms with Crippen molar-refractivity contribution in [1.82, 2.24) is 15.5 Å². The highest BCUT2D eigenvalue weighted by Crippen LogP contribution is 2.12. The second-order valence-electron chi connectivity index (χ2n) is 3.64. The van der Waals surface area contributed by atoms with Crippen molar-refractivity contribution in [2.24, 2.45) is 0 Å². The molecule has 18 heavy (non-hydrogen) atoms. The zero-order chi connectivity index (χ0) is 12.8. The number of hydrogen-bond donors (Lipinski definition) is 1. The highest BCUT2D eigenvalue weighted by atomic mass is 16.5. The molecule has 0 bridgehead atoms. The Labute approximate surface area is 105 Å². The summed E-state index contributed by atoms with van der Waals surface area (Å²) in [7, 11) is 1.61. The fourth-order valence-corrected chi connectivity index (χ4v) is 1.48. The number of nitrogens with one attached hydrogen (secondary N) is 1. The second kappa shape index (κ2) is 5.77. The number of benzene rings is 1. The summed E-state index contributed by atoms with van der Waals surface area (Å²) in [4.78, 5) is 11.7. The van der Waals surface area contributed by atoms with Gasteiger partial charge in [-0.15, -0.1) is 5.10 Å². The monoisotopic (exact) mass is 243 g/mol. The smallest absolute Gasteiger partial charge is 0.272 e. The molecule has 1 amide bonds. The van der Waals surface area contributed by atoms with E-state index in [0.29, 0.717) is 12.2 Å². The van der Waals surface area contributed by atoms with Crippen LogP contribution >= 0.6 is 0 Å². The van der Waals surface area contributed by atoms with Crippen molar-refractivity contribution in [3.63, 3.8) is 0 Å². The van der Waals surface area contributed by atoms with E-state index in [1.807, 2.05) is 24.3 Å². The van der Waals surface area contributed by atoms with Crippen LogP contribution in [0.5, 0.6) is 5.75 Å². The molecule has 0 saturated carbocycles. The molecule has 2 rings (SSSR count). The van der Waals surface area contributed by atoms with Gasteiger partial charge in [0.1, 0.15) is 5.75 Å². The first-order valence-corrected chi connectivity index (χ1v) is 5.48. The molecule has 0 saturated heterocycles. The summed E-state index contributed by atoms with van der Waals surface area (Å²) in [6.45, 7) is 0.423. The normalized spacial score (nSPS) is 9.83. The Morgan fingerprint density at radius 2 is 2.22 bits per heavy atom. The topological polar surface area (TPSA) is 64.1 Å². The molecular weight excluding hydrogens is 230 g/mol. The van der Waals surface area contributed by atoms with Crippen LogP contribution in [0.15, 0.2) is 42.6 Å². The Bertz CT molecular complexity index is 529. The van der Waals surface area contributed by atoms with Gasteiger partial charge in [0.2, 0.25) is 0 Å². The predicted molar refractivity (Wildman–Crippen MR) is 66.2 cm³/mol. The van der Waals surface area contributed by atoms with Crippen LogP contribution in [0.1, 0.15) is 16.1 Å². The van der Waals surface area contributed by atoms with Crippen LogP contribution in [0.2, 0.25) is 0 Å². The summed E-state index contributed by atoms with van der Waals surface area (Å²) in [6, 6.07) is 10.8. The number of rotatable bonds is 4. The van der Waals surface area contributed by atoms with E-state index in [-0.39, 0.29) is 5.91 Å². The highest BCUT2D eigenvalue weighted by molar-refractivity contribution is 5.91. The molecule has 1 aromatic heterocycles. The largest absolute Gasteiger partial charge is 0.497 e. The number of hydrogen-bond acceptors (Lipinski definition) is 4. The summed E-state index contributed by atoms with van der Waals surface area (Å²) in [5.41, 5.74) is 1.27. The van der Waals surface area contributed by atoms with Crippen LogP contribution in [0.4, 0.5) is 0 Å². The van der Waals surface area contributed by atoms with Gasteiger partial charge in [0.05, 0.1) is 7.11 Å². The van der Waals surface area contributed by atoms with Crippen molar-refractivity contribution in [3.8, 4) is 5.75 Å². The van der Waals surface area contributed by atoms with Crippen LogP contribution in [-0.2, 0) is 6.54 Å². The predicted octanol–water partition coefficient (Wildman–Crippen LogP) is 1.42. The molecule has 0 unspecified atom stereocenters. The van der Waals surface area contributed by atoms with Gasteiger partial charge >= 0.3 is 0 Å². The number of nitrogens with zero attached hydrogens (tertiary/aromatic N) is 2. The average Bonchev–Trinajstić information content (AvgIpc) is 2.46. The number of aromatic nitrogens is 2. The van der Waals surface area contributed by atoms with Gasteiger partial charge < -0.3 is 10.1 Å². The third kappa shape index (κ3) is 3.04. The third-order valence-corrected chi connectivity index (χ3v) is 2.39. The van der Waals surface area contributed by atoms with Gasteiger partial charge in [-0.3, -0.25) is 4.79 Å². The van der Waals surface area contributed by atoms with Crippen molar-refractivity contribution in [3.05, 3.63) is 53.9 Å². The molecule has 2 aromatic rings. The molecule has 0 spiro atoms. The first kappa shape index (κ1) is 12.0. The number of carbonyl (C=O) groups excluding carboxylic acids is 1. The second-order valence-corrected chi connectivity index (χ2v) is 3.64. The van der Waals surface area contributed by atoms with Gasteiger partial charge in [-0.2, -0.15) is 5.10 Å². The molecule has 5 nitrogen and oxygen atoms in total. The van der Waals surface area contributed by atoms with Gasteiger partial charge in [-0.05, 0) is 29.8 Å². The van der Waals surface area contributed by atoms with E-state index < -0.39 is 0 Å². The van der Waals surface area contributed by atoms with E-state index in [4.69, 9.17) is 4.74 Å². The Kier molecular flexibility index (Phi) is 3.86. The molecule has 0 atom stereocenters. The van der Waals surface area contributed by atoms with E-state index in [1.165, 1.54) is 6.20 Å². The number of ether oxygens (including phenoxy) is 1.